The number of phenolic OH excluding ortho intramolecular Hbond substituents is 1. The van der Waals surface area contributed by atoms with Gasteiger partial charge in [0.2, 0.25) is 11.8 Å². The zero-order valence-corrected chi connectivity index (χ0v) is 11.3. The maximum absolute atomic E-state index is 13.1. The Morgan fingerprint density at radius 2 is 1.45 bits per heavy atom. The van der Waals surface area contributed by atoms with E-state index in [-0.39, 0.29) is 5.69 Å². The quantitative estimate of drug-likeness (QED) is 0.600. The second-order valence-corrected chi connectivity index (χ2v) is 4.45. The number of carbonyl (C=O) groups is 2. The summed E-state index contributed by atoms with van der Waals surface area (Å²) in [6.07, 6.45) is -0.486. The van der Waals surface area contributed by atoms with Crippen LogP contribution in [0.15, 0.2) is 42.5 Å². The predicted molar refractivity (Wildman–Crippen MR) is 76.3 cm³/mol. The van der Waals surface area contributed by atoms with Crippen LogP contribution in [0.1, 0.15) is 6.42 Å². The monoisotopic (exact) mass is 306 g/mol. The highest BCUT2D eigenvalue weighted by molar-refractivity contribution is 6.08. The molecule has 0 spiro atoms. The van der Waals surface area contributed by atoms with Crippen LogP contribution in [0.2, 0.25) is 0 Å². The fraction of sp³-hybridized carbons (Fsp3) is 0.0667. The Morgan fingerprint density at radius 3 is 2.05 bits per heavy atom. The highest BCUT2D eigenvalue weighted by atomic mass is 19.1. The summed E-state index contributed by atoms with van der Waals surface area (Å²) in [5, 5.41) is 13.8. The molecule has 114 valence electrons. The Kier molecular flexibility index (Phi) is 4.67. The fourth-order valence-electron chi connectivity index (χ4n) is 1.67. The molecule has 0 aliphatic heterocycles. The second kappa shape index (κ2) is 6.66. The number of halogens is 2. The van der Waals surface area contributed by atoms with E-state index >= 15 is 0 Å². The van der Waals surface area contributed by atoms with Crippen LogP contribution in [0, 0.1) is 11.6 Å². The molecule has 0 fully saturated rings. The maximum atomic E-state index is 13.1. The minimum atomic E-state index is -0.881. The molecule has 2 aromatic rings. The first kappa shape index (κ1) is 15.4. The summed E-state index contributed by atoms with van der Waals surface area (Å²) in [4.78, 5) is 23.3. The lowest BCUT2D eigenvalue weighted by molar-refractivity contribution is -0.123. The van der Waals surface area contributed by atoms with Gasteiger partial charge in [0.05, 0.1) is 0 Å². The third-order valence-electron chi connectivity index (χ3n) is 2.68. The van der Waals surface area contributed by atoms with Crippen molar-refractivity contribution in [3.63, 3.8) is 0 Å². The molecule has 2 rings (SSSR count). The topological polar surface area (TPSA) is 78.4 Å². The Hall–Kier alpha value is -2.96. The molecule has 0 saturated heterocycles. The summed E-state index contributed by atoms with van der Waals surface area (Å²) in [7, 11) is 0. The van der Waals surface area contributed by atoms with E-state index in [9.17, 15) is 18.4 Å². The standard InChI is InChI=1S/C15H12F2N2O3/c16-9-1-3-10(4-2-9)18-14(21)8-15(22)19-11-5-6-13(20)12(17)7-11/h1-7,20H,8H2,(H,18,21)(H,19,22). The van der Waals surface area contributed by atoms with Gasteiger partial charge in [0, 0.05) is 17.4 Å². The van der Waals surface area contributed by atoms with Crippen molar-refractivity contribution < 1.29 is 23.5 Å². The molecule has 0 unspecified atom stereocenters. The van der Waals surface area contributed by atoms with Crippen molar-refractivity contribution in [3.8, 4) is 5.75 Å². The van der Waals surface area contributed by atoms with Gasteiger partial charge in [-0.05, 0) is 36.4 Å². The third kappa shape index (κ3) is 4.27. The number of anilines is 2. The molecule has 5 nitrogen and oxygen atoms in total. The van der Waals surface area contributed by atoms with Crippen molar-refractivity contribution in [3.05, 3.63) is 54.1 Å². The molecule has 2 amide bonds. The Morgan fingerprint density at radius 1 is 0.909 bits per heavy atom. The van der Waals surface area contributed by atoms with Crippen LogP contribution in [0.4, 0.5) is 20.2 Å². The highest BCUT2D eigenvalue weighted by Gasteiger charge is 2.11. The van der Waals surface area contributed by atoms with Gasteiger partial charge in [-0.25, -0.2) is 8.78 Å². The van der Waals surface area contributed by atoms with E-state index in [1.807, 2.05) is 0 Å². The van der Waals surface area contributed by atoms with Crippen LogP contribution in [-0.2, 0) is 9.59 Å². The average Bonchev–Trinajstić information content (AvgIpc) is 2.45. The van der Waals surface area contributed by atoms with Crippen molar-refractivity contribution in [2.24, 2.45) is 0 Å². The van der Waals surface area contributed by atoms with E-state index in [4.69, 9.17) is 5.11 Å². The first-order valence-electron chi connectivity index (χ1n) is 6.28. The molecular formula is C15H12F2N2O3. The Bertz CT molecular complexity index is 702. The Balaban J connectivity index is 1.89. The van der Waals surface area contributed by atoms with Gasteiger partial charge in [-0.3, -0.25) is 9.59 Å². The fourth-order valence-corrected chi connectivity index (χ4v) is 1.67. The van der Waals surface area contributed by atoms with Gasteiger partial charge in [0.15, 0.2) is 11.6 Å². The molecule has 0 aromatic heterocycles. The van der Waals surface area contributed by atoms with E-state index in [2.05, 4.69) is 10.6 Å². The van der Waals surface area contributed by atoms with Crippen molar-refractivity contribution in [2.75, 3.05) is 10.6 Å². The minimum Gasteiger partial charge on any atom is -0.505 e. The number of hydrogen-bond acceptors (Lipinski definition) is 3. The molecule has 0 aliphatic rings. The van der Waals surface area contributed by atoms with Gasteiger partial charge in [-0.2, -0.15) is 0 Å². The van der Waals surface area contributed by atoms with E-state index in [0.717, 1.165) is 12.1 Å². The molecule has 0 saturated carbocycles. The summed E-state index contributed by atoms with van der Waals surface area (Å²) >= 11 is 0. The van der Waals surface area contributed by atoms with Gasteiger partial charge in [0.1, 0.15) is 12.2 Å². The van der Waals surface area contributed by atoms with E-state index in [1.54, 1.807) is 0 Å². The summed E-state index contributed by atoms with van der Waals surface area (Å²) in [5.41, 5.74) is 0.477. The molecule has 0 heterocycles. The molecule has 3 N–H and O–H groups in total. The average molecular weight is 306 g/mol. The maximum Gasteiger partial charge on any atom is 0.233 e. The molecule has 0 radical (unpaired) electrons. The highest BCUT2D eigenvalue weighted by Crippen LogP contribution is 2.19. The van der Waals surface area contributed by atoms with Crippen LogP contribution in [0.3, 0.4) is 0 Å². The number of amides is 2. The first-order valence-corrected chi connectivity index (χ1v) is 6.28. The van der Waals surface area contributed by atoms with Crippen molar-refractivity contribution >= 4 is 23.2 Å². The number of hydrogen-bond donors (Lipinski definition) is 3. The summed E-state index contributed by atoms with van der Waals surface area (Å²) in [6, 6.07) is 8.40. The number of benzene rings is 2. The lowest BCUT2D eigenvalue weighted by Crippen LogP contribution is -2.21. The number of nitrogens with one attached hydrogen (secondary N) is 2. The molecule has 22 heavy (non-hydrogen) atoms. The number of aromatic hydroxyl groups is 1. The van der Waals surface area contributed by atoms with E-state index in [0.29, 0.717) is 5.69 Å². The van der Waals surface area contributed by atoms with Crippen LogP contribution < -0.4 is 10.6 Å². The van der Waals surface area contributed by atoms with Gasteiger partial charge in [-0.1, -0.05) is 0 Å². The molecule has 7 heteroatoms. The molecule has 0 aliphatic carbocycles. The Labute approximate surface area is 124 Å². The van der Waals surface area contributed by atoms with Gasteiger partial charge < -0.3 is 15.7 Å². The number of phenols is 1. The van der Waals surface area contributed by atoms with Crippen LogP contribution in [0.25, 0.3) is 0 Å². The molecule has 2 aromatic carbocycles. The van der Waals surface area contributed by atoms with Crippen molar-refractivity contribution in [1.82, 2.24) is 0 Å². The van der Waals surface area contributed by atoms with E-state index < -0.39 is 35.6 Å². The van der Waals surface area contributed by atoms with Crippen LogP contribution in [0.5, 0.6) is 5.75 Å². The van der Waals surface area contributed by atoms with E-state index in [1.165, 1.54) is 30.3 Å². The van der Waals surface area contributed by atoms with Gasteiger partial charge in [0.25, 0.3) is 0 Å². The summed E-state index contributed by atoms with van der Waals surface area (Å²) in [5.74, 6) is -3.10. The lowest BCUT2D eigenvalue weighted by Gasteiger charge is -2.07. The SMILES string of the molecule is O=C(CC(=O)Nc1ccc(O)c(F)c1)Nc1ccc(F)cc1. The van der Waals surface area contributed by atoms with Crippen LogP contribution >= 0.6 is 0 Å². The minimum absolute atomic E-state index is 0.120. The predicted octanol–water partition coefficient (Wildman–Crippen LogP) is 2.64. The van der Waals surface area contributed by atoms with Gasteiger partial charge in [-0.15, -0.1) is 0 Å². The number of rotatable bonds is 4. The molecule has 0 atom stereocenters. The third-order valence-corrected chi connectivity index (χ3v) is 2.68. The summed E-state index contributed by atoms with van der Waals surface area (Å²) in [6.45, 7) is 0. The second-order valence-electron chi connectivity index (χ2n) is 4.45. The summed E-state index contributed by atoms with van der Waals surface area (Å²) < 4.78 is 25.8. The smallest absolute Gasteiger partial charge is 0.233 e. The van der Waals surface area contributed by atoms with Crippen molar-refractivity contribution in [2.45, 2.75) is 6.42 Å². The normalized spacial score (nSPS) is 10.1. The van der Waals surface area contributed by atoms with Crippen LogP contribution in [-0.4, -0.2) is 16.9 Å². The number of carbonyl (C=O) groups excluding carboxylic acids is 2. The van der Waals surface area contributed by atoms with Crippen molar-refractivity contribution in [1.29, 1.82) is 0 Å². The zero-order valence-electron chi connectivity index (χ0n) is 11.3. The largest absolute Gasteiger partial charge is 0.505 e. The zero-order chi connectivity index (χ0) is 16.1. The first-order chi connectivity index (χ1) is 10.4. The molecular weight excluding hydrogens is 294 g/mol. The molecule has 0 bridgehead atoms. The van der Waals surface area contributed by atoms with Gasteiger partial charge >= 0.3 is 0 Å². The lowest BCUT2D eigenvalue weighted by atomic mass is 10.2.